The van der Waals surface area contributed by atoms with Crippen LogP contribution in [0.15, 0.2) is 103 Å². The van der Waals surface area contributed by atoms with E-state index in [0.29, 0.717) is 22.4 Å². The fourth-order valence-corrected chi connectivity index (χ4v) is 3.96. The zero-order chi connectivity index (χ0) is 26.4. The van der Waals surface area contributed by atoms with Crippen molar-refractivity contribution in [1.82, 2.24) is 0 Å². The van der Waals surface area contributed by atoms with Crippen LogP contribution in [0.1, 0.15) is 21.5 Å². The Labute approximate surface area is 215 Å². The van der Waals surface area contributed by atoms with Crippen molar-refractivity contribution in [2.24, 2.45) is 0 Å². The molecule has 0 unspecified atom stereocenters. The van der Waals surface area contributed by atoms with Gasteiger partial charge in [-0.3, -0.25) is 4.79 Å². The standard InChI is InChI=1S/C31H27FN2O3/c1-33(2)27-16-14-23(15-17-27)25-12-13-26(29(32)20-25)21-34(31(37)24-8-4-3-5-9-24)28-10-6-7-22(19-28)11-18-30(35)36/h3-20H,21H2,1-2H3,(H,35,36)/b18-11+. The predicted molar refractivity (Wildman–Crippen MR) is 146 cm³/mol. The lowest BCUT2D eigenvalue weighted by molar-refractivity contribution is -0.131. The van der Waals surface area contributed by atoms with E-state index in [4.69, 9.17) is 5.11 Å². The number of hydrogen-bond acceptors (Lipinski definition) is 3. The second-order valence-corrected chi connectivity index (χ2v) is 8.77. The Bertz CT molecular complexity index is 1430. The molecule has 5 nitrogen and oxygen atoms in total. The normalized spacial score (nSPS) is 10.9. The Hall–Kier alpha value is -4.71. The van der Waals surface area contributed by atoms with Gasteiger partial charge in [0.05, 0.1) is 6.54 Å². The second-order valence-electron chi connectivity index (χ2n) is 8.77. The summed E-state index contributed by atoms with van der Waals surface area (Å²) in [5.41, 5.74) is 4.67. The van der Waals surface area contributed by atoms with Crippen LogP contribution in [0.4, 0.5) is 15.8 Å². The molecule has 0 radical (unpaired) electrons. The van der Waals surface area contributed by atoms with Crippen LogP contribution in [0.5, 0.6) is 0 Å². The van der Waals surface area contributed by atoms with E-state index in [-0.39, 0.29) is 12.5 Å². The Balaban J connectivity index is 1.67. The van der Waals surface area contributed by atoms with Crippen LogP contribution in [0.25, 0.3) is 17.2 Å². The van der Waals surface area contributed by atoms with Crippen molar-refractivity contribution in [3.63, 3.8) is 0 Å². The largest absolute Gasteiger partial charge is 0.478 e. The SMILES string of the molecule is CN(C)c1ccc(-c2ccc(CN(C(=O)c3ccccc3)c3cccc(/C=C/C(=O)O)c3)c(F)c2)cc1. The topological polar surface area (TPSA) is 60.9 Å². The number of carbonyl (C=O) groups excluding carboxylic acids is 1. The molecule has 1 amide bonds. The maximum absolute atomic E-state index is 15.4. The maximum Gasteiger partial charge on any atom is 0.328 e. The van der Waals surface area contributed by atoms with Crippen LogP contribution < -0.4 is 9.80 Å². The number of aliphatic carboxylic acids is 1. The molecule has 0 aliphatic carbocycles. The Kier molecular flexibility index (Phi) is 7.79. The monoisotopic (exact) mass is 494 g/mol. The van der Waals surface area contributed by atoms with Gasteiger partial charge in [0, 0.05) is 42.7 Å². The molecule has 0 aliphatic heterocycles. The van der Waals surface area contributed by atoms with Gasteiger partial charge in [0.1, 0.15) is 5.82 Å². The average Bonchev–Trinajstić information content (AvgIpc) is 2.91. The number of carbonyl (C=O) groups is 2. The van der Waals surface area contributed by atoms with E-state index in [1.807, 2.05) is 55.4 Å². The summed E-state index contributed by atoms with van der Waals surface area (Å²) in [6, 6.07) is 28.6. The van der Waals surface area contributed by atoms with Crippen molar-refractivity contribution in [1.29, 1.82) is 0 Å². The first kappa shape index (κ1) is 25.4. The lowest BCUT2D eigenvalue weighted by atomic mass is 10.0. The first-order chi connectivity index (χ1) is 17.8. The zero-order valence-corrected chi connectivity index (χ0v) is 20.6. The number of carboxylic acids is 1. The van der Waals surface area contributed by atoms with Gasteiger partial charge in [-0.15, -0.1) is 0 Å². The molecule has 4 aromatic carbocycles. The van der Waals surface area contributed by atoms with E-state index in [0.717, 1.165) is 22.9 Å². The minimum Gasteiger partial charge on any atom is -0.478 e. The van der Waals surface area contributed by atoms with Crippen LogP contribution >= 0.6 is 0 Å². The highest BCUT2D eigenvalue weighted by molar-refractivity contribution is 6.06. The van der Waals surface area contributed by atoms with Gasteiger partial charge in [-0.1, -0.05) is 54.6 Å². The highest BCUT2D eigenvalue weighted by Gasteiger charge is 2.20. The Morgan fingerprint density at radius 3 is 2.16 bits per heavy atom. The number of anilines is 2. The van der Waals surface area contributed by atoms with Gasteiger partial charge >= 0.3 is 5.97 Å². The number of hydrogen-bond donors (Lipinski definition) is 1. The Morgan fingerprint density at radius 2 is 1.51 bits per heavy atom. The van der Waals surface area contributed by atoms with Crippen molar-refractivity contribution in [3.05, 3.63) is 126 Å². The molecule has 0 aliphatic rings. The van der Waals surface area contributed by atoms with Crippen LogP contribution in [0.2, 0.25) is 0 Å². The zero-order valence-electron chi connectivity index (χ0n) is 20.6. The van der Waals surface area contributed by atoms with Gasteiger partial charge in [0.15, 0.2) is 0 Å². The quantitative estimate of drug-likeness (QED) is 0.284. The lowest BCUT2D eigenvalue weighted by Crippen LogP contribution is -2.30. The summed E-state index contributed by atoms with van der Waals surface area (Å²) in [6.45, 7) is 0.00546. The van der Waals surface area contributed by atoms with Crippen LogP contribution in [-0.2, 0) is 11.3 Å². The van der Waals surface area contributed by atoms with Gasteiger partial charge in [-0.05, 0) is 65.2 Å². The van der Waals surface area contributed by atoms with Crippen molar-refractivity contribution >= 4 is 29.3 Å². The molecule has 0 saturated carbocycles. The highest BCUT2D eigenvalue weighted by Crippen LogP contribution is 2.27. The third-order valence-electron chi connectivity index (χ3n) is 5.96. The molecule has 6 heteroatoms. The number of carboxylic acid groups (broad SMARTS) is 1. The molecule has 186 valence electrons. The number of amides is 1. The third-order valence-corrected chi connectivity index (χ3v) is 5.96. The molecule has 0 aromatic heterocycles. The van der Waals surface area contributed by atoms with E-state index in [1.54, 1.807) is 54.6 Å². The fraction of sp³-hybridized carbons (Fsp3) is 0.0968. The summed E-state index contributed by atoms with van der Waals surface area (Å²) < 4.78 is 15.4. The summed E-state index contributed by atoms with van der Waals surface area (Å²) in [5.74, 6) is -1.77. The van der Waals surface area contributed by atoms with Crippen LogP contribution in [0, 0.1) is 5.82 Å². The third kappa shape index (κ3) is 6.30. The molecule has 0 atom stereocenters. The van der Waals surface area contributed by atoms with E-state index in [9.17, 15) is 9.59 Å². The molecule has 0 fully saturated rings. The minimum atomic E-state index is -1.07. The van der Waals surface area contributed by atoms with Crippen molar-refractivity contribution in [3.8, 4) is 11.1 Å². The van der Waals surface area contributed by atoms with E-state index < -0.39 is 11.8 Å². The molecule has 0 heterocycles. The van der Waals surface area contributed by atoms with Crippen molar-refractivity contribution in [2.75, 3.05) is 23.9 Å². The molecule has 4 aromatic rings. The fourth-order valence-electron chi connectivity index (χ4n) is 3.96. The summed E-state index contributed by atoms with van der Waals surface area (Å²) >= 11 is 0. The molecule has 1 N–H and O–H groups in total. The minimum absolute atomic E-state index is 0.00546. The summed E-state index contributed by atoms with van der Waals surface area (Å²) in [5, 5.41) is 8.96. The van der Waals surface area contributed by atoms with Crippen LogP contribution in [-0.4, -0.2) is 31.1 Å². The molecular weight excluding hydrogens is 467 g/mol. The number of nitrogens with zero attached hydrogens (tertiary/aromatic N) is 2. The molecular formula is C31H27FN2O3. The Morgan fingerprint density at radius 1 is 0.811 bits per heavy atom. The van der Waals surface area contributed by atoms with Crippen molar-refractivity contribution in [2.45, 2.75) is 6.54 Å². The van der Waals surface area contributed by atoms with E-state index in [1.165, 1.54) is 17.0 Å². The summed E-state index contributed by atoms with van der Waals surface area (Å²) in [7, 11) is 3.92. The number of benzene rings is 4. The molecule has 0 spiro atoms. The lowest BCUT2D eigenvalue weighted by Gasteiger charge is -2.24. The maximum atomic E-state index is 15.4. The van der Waals surface area contributed by atoms with Crippen molar-refractivity contribution < 1.29 is 19.1 Å². The second kappa shape index (κ2) is 11.4. The average molecular weight is 495 g/mol. The molecule has 0 saturated heterocycles. The summed E-state index contributed by atoms with van der Waals surface area (Å²) in [4.78, 5) is 27.9. The van der Waals surface area contributed by atoms with E-state index >= 15 is 4.39 Å². The summed E-state index contributed by atoms with van der Waals surface area (Å²) in [6.07, 6.45) is 2.49. The highest BCUT2D eigenvalue weighted by atomic mass is 19.1. The van der Waals surface area contributed by atoms with Gasteiger partial charge in [-0.2, -0.15) is 0 Å². The first-order valence-electron chi connectivity index (χ1n) is 11.8. The van der Waals surface area contributed by atoms with Gasteiger partial charge in [0.2, 0.25) is 0 Å². The molecule has 4 rings (SSSR count). The van der Waals surface area contributed by atoms with E-state index in [2.05, 4.69) is 0 Å². The predicted octanol–water partition coefficient (Wildman–Crippen LogP) is 6.50. The number of halogens is 1. The van der Waals surface area contributed by atoms with Crippen LogP contribution in [0.3, 0.4) is 0 Å². The van der Waals surface area contributed by atoms with Gasteiger partial charge in [0.25, 0.3) is 5.91 Å². The first-order valence-corrected chi connectivity index (χ1v) is 11.8. The smallest absolute Gasteiger partial charge is 0.328 e. The molecule has 0 bridgehead atoms. The number of rotatable bonds is 8. The van der Waals surface area contributed by atoms with Gasteiger partial charge in [-0.25, -0.2) is 9.18 Å². The van der Waals surface area contributed by atoms with Gasteiger partial charge < -0.3 is 14.9 Å². The molecule has 37 heavy (non-hydrogen) atoms.